The van der Waals surface area contributed by atoms with Crippen LogP contribution in [0.25, 0.3) is 10.2 Å². The summed E-state index contributed by atoms with van der Waals surface area (Å²) >= 11 is 1.40. The largest absolute Gasteiger partial charge is 0.481 e. The highest BCUT2D eigenvalue weighted by Gasteiger charge is 2.11. The quantitative estimate of drug-likeness (QED) is 0.861. The second-order valence-corrected chi connectivity index (χ2v) is 5.37. The van der Waals surface area contributed by atoms with Crippen LogP contribution in [0.2, 0.25) is 0 Å². The molecule has 2 heterocycles. The molecule has 7 heteroatoms. The van der Waals surface area contributed by atoms with Crippen molar-refractivity contribution in [3.8, 4) is 0 Å². The number of fused-ring (bicyclic) bond motifs is 1. The summed E-state index contributed by atoms with van der Waals surface area (Å²) in [6.07, 6.45) is 1.57. The van der Waals surface area contributed by atoms with Crippen molar-refractivity contribution in [2.45, 2.75) is 32.7 Å². The van der Waals surface area contributed by atoms with Gasteiger partial charge >= 0.3 is 11.7 Å². The highest BCUT2D eigenvalue weighted by atomic mass is 32.1. The van der Waals surface area contributed by atoms with Crippen LogP contribution in [0.4, 0.5) is 0 Å². The second-order valence-electron chi connectivity index (χ2n) is 4.24. The van der Waals surface area contributed by atoms with Crippen LogP contribution in [0, 0.1) is 0 Å². The average Bonchev–Trinajstić information content (AvgIpc) is 2.71. The Hall–Kier alpha value is -1.89. The van der Waals surface area contributed by atoms with E-state index in [-0.39, 0.29) is 13.0 Å². The molecule has 0 amide bonds. The Bertz CT molecular complexity index is 725. The van der Waals surface area contributed by atoms with Crippen LogP contribution in [0.15, 0.2) is 15.7 Å². The number of rotatable bonds is 5. The summed E-state index contributed by atoms with van der Waals surface area (Å²) in [5.41, 5.74) is -0.970. The first-order valence-corrected chi connectivity index (χ1v) is 6.82. The summed E-state index contributed by atoms with van der Waals surface area (Å²) in [5, 5.41) is 9.08. The van der Waals surface area contributed by atoms with Crippen molar-refractivity contribution in [2.24, 2.45) is 0 Å². The van der Waals surface area contributed by atoms with Crippen molar-refractivity contribution in [3.63, 3.8) is 0 Å². The van der Waals surface area contributed by atoms with Gasteiger partial charge in [-0.1, -0.05) is 13.3 Å². The molecule has 0 bridgehead atoms. The van der Waals surface area contributed by atoms with Crippen molar-refractivity contribution in [2.75, 3.05) is 0 Å². The Balaban J connectivity index is 2.51. The normalized spacial score (nSPS) is 11.0. The first kappa shape index (κ1) is 13.5. The van der Waals surface area contributed by atoms with E-state index in [0.29, 0.717) is 10.2 Å². The minimum Gasteiger partial charge on any atom is -0.481 e. The van der Waals surface area contributed by atoms with E-state index in [0.717, 1.165) is 22.3 Å². The summed E-state index contributed by atoms with van der Waals surface area (Å²) < 4.78 is 0.943. The predicted octanol–water partition coefficient (Wildman–Crippen LogP) is 1.18. The van der Waals surface area contributed by atoms with Crippen molar-refractivity contribution in [1.29, 1.82) is 0 Å². The van der Waals surface area contributed by atoms with Crippen molar-refractivity contribution in [1.82, 2.24) is 9.55 Å². The Labute approximate surface area is 112 Å². The van der Waals surface area contributed by atoms with Gasteiger partial charge in [-0.3, -0.25) is 19.1 Å². The van der Waals surface area contributed by atoms with Crippen LogP contribution >= 0.6 is 11.3 Å². The lowest BCUT2D eigenvalue weighted by atomic mass is 10.2. The van der Waals surface area contributed by atoms with E-state index in [1.54, 1.807) is 6.07 Å². The SMILES string of the molecule is CCCc1cc2c(=O)n(CCC(=O)O)c(=O)[nH]c2s1. The molecule has 2 rings (SSSR count). The summed E-state index contributed by atoms with van der Waals surface area (Å²) in [5.74, 6) is -1.04. The van der Waals surface area contributed by atoms with Gasteiger partial charge < -0.3 is 5.11 Å². The van der Waals surface area contributed by atoms with Gasteiger partial charge in [0.05, 0.1) is 11.8 Å². The van der Waals surface area contributed by atoms with Crippen LogP contribution < -0.4 is 11.2 Å². The Morgan fingerprint density at radius 1 is 1.47 bits per heavy atom. The minimum absolute atomic E-state index is 0.113. The number of aryl methyl sites for hydroxylation is 1. The maximum Gasteiger partial charge on any atom is 0.329 e. The number of aromatic nitrogens is 2. The van der Waals surface area contributed by atoms with Crippen LogP contribution in [0.3, 0.4) is 0 Å². The number of hydrogen-bond acceptors (Lipinski definition) is 4. The third-order valence-corrected chi connectivity index (χ3v) is 3.88. The summed E-state index contributed by atoms with van der Waals surface area (Å²) in [6, 6.07) is 1.78. The predicted molar refractivity (Wildman–Crippen MR) is 73.0 cm³/mol. The lowest BCUT2D eigenvalue weighted by molar-refractivity contribution is -0.137. The van der Waals surface area contributed by atoms with Gasteiger partial charge in [0.1, 0.15) is 4.83 Å². The van der Waals surface area contributed by atoms with Crippen LogP contribution in [-0.2, 0) is 17.8 Å². The smallest absolute Gasteiger partial charge is 0.329 e. The average molecular weight is 282 g/mol. The third kappa shape index (κ3) is 2.76. The minimum atomic E-state index is -1.04. The Morgan fingerprint density at radius 2 is 2.21 bits per heavy atom. The number of H-pyrrole nitrogens is 1. The van der Waals surface area contributed by atoms with Gasteiger partial charge in [-0.15, -0.1) is 11.3 Å². The van der Waals surface area contributed by atoms with Crippen LogP contribution in [0.1, 0.15) is 24.6 Å². The monoisotopic (exact) mass is 282 g/mol. The molecule has 6 nitrogen and oxygen atoms in total. The van der Waals surface area contributed by atoms with E-state index < -0.39 is 17.2 Å². The molecule has 0 saturated heterocycles. The van der Waals surface area contributed by atoms with Gasteiger partial charge in [0.2, 0.25) is 0 Å². The number of nitrogens with one attached hydrogen (secondary N) is 1. The molecule has 0 aliphatic rings. The fourth-order valence-electron chi connectivity index (χ4n) is 1.88. The van der Waals surface area contributed by atoms with Gasteiger partial charge in [-0.25, -0.2) is 4.79 Å². The lowest BCUT2D eigenvalue weighted by Gasteiger charge is -2.01. The summed E-state index contributed by atoms with van der Waals surface area (Å²) in [7, 11) is 0. The van der Waals surface area contributed by atoms with E-state index in [1.807, 2.05) is 6.92 Å². The van der Waals surface area contributed by atoms with Gasteiger partial charge in [-0.05, 0) is 12.5 Å². The van der Waals surface area contributed by atoms with Crippen LogP contribution in [-0.4, -0.2) is 20.6 Å². The molecule has 2 aromatic rings. The lowest BCUT2D eigenvalue weighted by Crippen LogP contribution is -2.35. The molecule has 0 aliphatic carbocycles. The molecular weight excluding hydrogens is 268 g/mol. The van der Waals surface area contributed by atoms with Gasteiger partial charge in [-0.2, -0.15) is 0 Å². The molecule has 2 aromatic heterocycles. The summed E-state index contributed by atoms with van der Waals surface area (Å²) in [6.45, 7) is 1.93. The Kier molecular flexibility index (Phi) is 3.84. The van der Waals surface area contributed by atoms with Crippen LogP contribution in [0.5, 0.6) is 0 Å². The first-order valence-electron chi connectivity index (χ1n) is 6.00. The zero-order chi connectivity index (χ0) is 14.0. The van der Waals surface area contributed by atoms with Crippen molar-refractivity contribution >= 4 is 27.5 Å². The Morgan fingerprint density at radius 3 is 2.84 bits per heavy atom. The van der Waals surface area contributed by atoms with Gasteiger partial charge in [0.25, 0.3) is 5.56 Å². The number of hydrogen-bond donors (Lipinski definition) is 2. The maximum absolute atomic E-state index is 12.1. The van der Waals surface area contributed by atoms with E-state index in [9.17, 15) is 14.4 Å². The topological polar surface area (TPSA) is 92.2 Å². The van der Waals surface area contributed by atoms with Gasteiger partial charge in [0.15, 0.2) is 0 Å². The number of carbonyl (C=O) groups is 1. The molecular formula is C12H14N2O4S. The van der Waals surface area contributed by atoms with E-state index in [4.69, 9.17) is 5.11 Å². The number of aromatic amines is 1. The number of thiophene rings is 1. The number of carboxylic acid groups (broad SMARTS) is 1. The standard InChI is InChI=1S/C12H14N2O4S/c1-2-3-7-6-8-10(19-7)13-12(18)14(11(8)17)5-4-9(15)16/h6H,2-5H2,1H3,(H,13,18)(H,15,16). The zero-order valence-electron chi connectivity index (χ0n) is 10.4. The highest BCUT2D eigenvalue weighted by Crippen LogP contribution is 2.21. The van der Waals surface area contributed by atoms with E-state index in [2.05, 4.69) is 4.98 Å². The van der Waals surface area contributed by atoms with E-state index >= 15 is 0 Å². The molecule has 0 aliphatic heterocycles. The van der Waals surface area contributed by atoms with Gasteiger partial charge in [0, 0.05) is 11.4 Å². The maximum atomic E-state index is 12.1. The van der Waals surface area contributed by atoms with E-state index in [1.165, 1.54) is 11.3 Å². The molecule has 0 spiro atoms. The van der Waals surface area contributed by atoms with Crippen molar-refractivity contribution in [3.05, 3.63) is 31.8 Å². The third-order valence-electron chi connectivity index (χ3n) is 2.77. The first-order chi connectivity index (χ1) is 9.02. The molecule has 0 saturated carbocycles. The molecule has 0 radical (unpaired) electrons. The molecule has 2 N–H and O–H groups in total. The zero-order valence-corrected chi connectivity index (χ0v) is 11.2. The highest BCUT2D eigenvalue weighted by molar-refractivity contribution is 7.18. The molecule has 0 fully saturated rings. The van der Waals surface area contributed by atoms with Crippen molar-refractivity contribution < 1.29 is 9.90 Å². The number of nitrogens with zero attached hydrogens (tertiary/aromatic N) is 1. The second kappa shape index (κ2) is 5.40. The molecule has 19 heavy (non-hydrogen) atoms. The fourth-order valence-corrected chi connectivity index (χ4v) is 3.02. The number of aliphatic carboxylic acids is 1. The summed E-state index contributed by atoms with van der Waals surface area (Å²) in [4.78, 5) is 38.7. The molecule has 0 aromatic carbocycles. The fraction of sp³-hybridized carbons (Fsp3) is 0.417. The molecule has 0 atom stereocenters. The molecule has 102 valence electrons. The molecule has 0 unspecified atom stereocenters. The number of carboxylic acids is 1.